The highest BCUT2D eigenvalue weighted by Gasteiger charge is 2.40. The first-order valence-corrected chi connectivity index (χ1v) is 13.4. The van der Waals surface area contributed by atoms with Gasteiger partial charge in [-0.25, -0.2) is 4.79 Å². The van der Waals surface area contributed by atoms with Gasteiger partial charge in [0.05, 0.1) is 19.8 Å². The Morgan fingerprint density at radius 1 is 1.24 bits per heavy atom. The summed E-state index contributed by atoms with van der Waals surface area (Å²) in [6, 6.07) is 0.987. The predicted molar refractivity (Wildman–Crippen MR) is 119 cm³/mol. The van der Waals surface area contributed by atoms with Crippen molar-refractivity contribution in [1.29, 1.82) is 0 Å². The number of carbonyl (C=O) groups is 2. The van der Waals surface area contributed by atoms with Crippen molar-refractivity contribution in [2.24, 2.45) is 5.73 Å². The smallest absolute Gasteiger partial charge is 0.336 e. The van der Waals surface area contributed by atoms with Gasteiger partial charge in [-0.05, 0) is 25.1 Å². The maximum atomic E-state index is 12.1. The minimum Gasteiger partial charge on any atom is -0.543 e. The second-order valence-corrected chi connectivity index (χ2v) is 14.1. The number of nitrogens with two attached hydrogens (primary N) is 1. The molecule has 0 fully saturated rings. The lowest BCUT2D eigenvalue weighted by Gasteiger charge is -2.37. The molecule has 9 heteroatoms. The molecule has 1 rings (SSSR count). The van der Waals surface area contributed by atoms with Crippen molar-refractivity contribution in [2.45, 2.75) is 57.6 Å². The monoisotopic (exact) mass is 443 g/mol. The average Bonchev–Trinajstić information content (AvgIpc) is 2.61. The van der Waals surface area contributed by atoms with Gasteiger partial charge >= 0.3 is 11.9 Å². The molecule has 0 aliphatic carbocycles. The molecule has 0 amide bonds. The number of aromatic carboxylic acids is 1. The number of hydrogen-bond donors (Lipinski definition) is 2. The zero-order valence-electron chi connectivity index (χ0n) is 18.5. The summed E-state index contributed by atoms with van der Waals surface area (Å²) in [5.41, 5.74) is 7.08. The van der Waals surface area contributed by atoms with Crippen molar-refractivity contribution >= 4 is 32.0 Å². The number of hydrogen-bond acceptors (Lipinski definition) is 7. The Kier molecular flexibility index (Phi) is 8.61. The minimum absolute atomic E-state index is 0.0633. The summed E-state index contributed by atoms with van der Waals surface area (Å²) in [6.45, 7) is 12.3. The summed E-state index contributed by atoms with van der Waals surface area (Å²) in [4.78, 5) is 23.6. The number of thioether (sulfide) groups is 1. The van der Waals surface area contributed by atoms with Crippen LogP contribution >= 0.6 is 11.8 Å². The molecule has 3 N–H and O–H groups in total. The topological polar surface area (TPSA) is 108 Å². The van der Waals surface area contributed by atoms with Gasteiger partial charge in [-0.15, -0.1) is 0 Å². The molecule has 0 saturated carbocycles. The summed E-state index contributed by atoms with van der Waals surface area (Å²) in [7, 11) is 0.564. The van der Waals surface area contributed by atoms with Gasteiger partial charge in [0.1, 0.15) is 17.5 Å². The van der Waals surface area contributed by atoms with E-state index in [1.165, 1.54) is 26.0 Å². The standard InChI is InChI=1S/C20H33NO6SSi/c1-12-15(25-5)9-16(27-29(7,8)20(2,3)4)13(17(12)18(22)23)10-28-11-14(21)19(24)26-6/h9,14H,10-11,21H2,1-8H3,(H,22,23)/t14-/m0/s1. The van der Waals surface area contributed by atoms with Crippen LogP contribution in [-0.2, 0) is 15.3 Å². The van der Waals surface area contributed by atoms with Crippen molar-refractivity contribution in [3.8, 4) is 11.5 Å². The zero-order chi connectivity index (χ0) is 22.6. The summed E-state index contributed by atoms with van der Waals surface area (Å²) >= 11 is 1.36. The molecule has 0 aromatic heterocycles. The van der Waals surface area contributed by atoms with E-state index in [1.807, 2.05) is 0 Å². The number of rotatable bonds is 9. The fourth-order valence-electron chi connectivity index (χ4n) is 2.46. The van der Waals surface area contributed by atoms with E-state index in [-0.39, 0.29) is 10.6 Å². The number of ether oxygens (including phenoxy) is 2. The van der Waals surface area contributed by atoms with Crippen molar-refractivity contribution in [2.75, 3.05) is 20.0 Å². The number of carboxylic acid groups (broad SMARTS) is 1. The van der Waals surface area contributed by atoms with Gasteiger partial charge in [-0.3, -0.25) is 4.79 Å². The summed E-state index contributed by atoms with van der Waals surface area (Å²) in [5, 5.41) is 9.81. The SMILES string of the molecule is COC(=O)[C@@H](N)CSCc1c(O[Si](C)(C)C(C)(C)C)cc(OC)c(C)c1C(=O)O. The summed E-state index contributed by atoms with van der Waals surface area (Å²) in [5.74, 6) is 0.0675. The van der Waals surface area contributed by atoms with E-state index < -0.39 is 26.3 Å². The molecule has 0 heterocycles. The minimum atomic E-state index is -2.23. The molecule has 0 unspecified atom stereocenters. The van der Waals surface area contributed by atoms with Crippen LogP contribution in [0.5, 0.6) is 11.5 Å². The molecule has 1 atom stereocenters. The van der Waals surface area contributed by atoms with E-state index in [2.05, 4.69) is 38.6 Å². The number of methoxy groups -OCH3 is 2. The third-order valence-corrected chi connectivity index (χ3v) is 10.7. The van der Waals surface area contributed by atoms with Crippen LogP contribution in [0, 0.1) is 6.92 Å². The molecule has 0 aliphatic heterocycles. The maximum absolute atomic E-state index is 12.1. The van der Waals surface area contributed by atoms with Crippen molar-refractivity contribution in [1.82, 2.24) is 0 Å². The summed E-state index contributed by atoms with van der Waals surface area (Å²) < 4.78 is 16.5. The van der Waals surface area contributed by atoms with Gasteiger partial charge in [0.25, 0.3) is 0 Å². The van der Waals surface area contributed by atoms with Gasteiger partial charge in [-0.1, -0.05) is 20.8 Å². The molecule has 29 heavy (non-hydrogen) atoms. The first-order valence-electron chi connectivity index (χ1n) is 9.30. The van der Waals surface area contributed by atoms with E-state index in [1.54, 1.807) is 13.0 Å². The number of carboxylic acids is 1. The quantitative estimate of drug-likeness (QED) is 0.438. The molecule has 164 valence electrons. The molecule has 1 aromatic rings. The first-order chi connectivity index (χ1) is 13.3. The lowest BCUT2D eigenvalue weighted by Crippen LogP contribution is -2.44. The van der Waals surface area contributed by atoms with Crippen LogP contribution in [0.4, 0.5) is 0 Å². The van der Waals surface area contributed by atoms with Gasteiger partial charge in [0, 0.05) is 28.7 Å². The fourth-order valence-corrected chi connectivity index (χ4v) is 4.50. The third-order valence-electron chi connectivity index (χ3n) is 5.26. The molecule has 7 nitrogen and oxygen atoms in total. The fraction of sp³-hybridized carbons (Fsp3) is 0.600. The van der Waals surface area contributed by atoms with E-state index in [9.17, 15) is 14.7 Å². The molecule has 0 spiro atoms. The van der Waals surface area contributed by atoms with Crippen LogP contribution < -0.4 is 14.9 Å². The van der Waals surface area contributed by atoms with Crippen LogP contribution in [0.15, 0.2) is 6.07 Å². The molecule has 0 radical (unpaired) electrons. The van der Waals surface area contributed by atoms with Gasteiger partial charge in [0.2, 0.25) is 8.32 Å². The molecule has 0 saturated heterocycles. The molecule has 0 bridgehead atoms. The molecular formula is C20H33NO6SSi. The van der Waals surface area contributed by atoms with Crippen molar-refractivity contribution in [3.63, 3.8) is 0 Å². The largest absolute Gasteiger partial charge is 0.543 e. The Morgan fingerprint density at radius 2 is 1.83 bits per heavy atom. The van der Waals surface area contributed by atoms with E-state index in [4.69, 9.17) is 14.9 Å². The Balaban J connectivity index is 3.39. The zero-order valence-corrected chi connectivity index (χ0v) is 20.4. The van der Waals surface area contributed by atoms with Crippen LogP contribution in [0.2, 0.25) is 18.1 Å². The lowest BCUT2D eigenvalue weighted by molar-refractivity contribution is -0.141. The van der Waals surface area contributed by atoms with Crippen LogP contribution in [0.25, 0.3) is 0 Å². The first kappa shape index (κ1) is 25.3. The van der Waals surface area contributed by atoms with Gasteiger partial charge in [0.15, 0.2) is 0 Å². The number of carbonyl (C=O) groups excluding carboxylic acids is 1. The number of esters is 1. The van der Waals surface area contributed by atoms with Crippen molar-refractivity contribution < 1.29 is 28.6 Å². The van der Waals surface area contributed by atoms with Crippen LogP contribution in [-0.4, -0.2) is 51.4 Å². The van der Waals surface area contributed by atoms with Crippen molar-refractivity contribution in [3.05, 3.63) is 22.8 Å². The Bertz CT molecular complexity index is 760. The second-order valence-electron chi connectivity index (χ2n) is 8.37. The van der Waals surface area contributed by atoms with Crippen LogP contribution in [0.3, 0.4) is 0 Å². The lowest BCUT2D eigenvalue weighted by atomic mass is 10.0. The van der Waals surface area contributed by atoms with E-state index >= 15 is 0 Å². The Labute approximate surface area is 178 Å². The molecule has 0 aliphatic rings. The second kappa shape index (κ2) is 9.86. The predicted octanol–water partition coefficient (Wildman–Crippen LogP) is 3.82. The van der Waals surface area contributed by atoms with Gasteiger partial charge in [-0.2, -0.15) is 11.8 Å². The molecule has 1 aromatic carbocycles. The normalized spacial score (nSPS) is 13.0. The Hall–Kier alpha value is -1.71. The van der Waals surface area contributed by atoms with Crippen LogP contribution in [0.1, 0.15) is 42.3 Å². The Morgan fingerprint density at radius 3 is 2.28 bits per heavy atom. The third kappa shape index (κ3) is 6.13. The van der Waals surface area contributed by atoms with E-state index in [0.717, 1.165) is 0 Å². The molecular weight excluding hydrogens is 410 g/mol. The maximum Gasteiger partial charge on any atom is 0.336 e. The highest BCUT2D eigenvalue weighted by molar-refractivity contribution is 7.98. The number of benzene rings is 1. The highest BCUT2D eigenvalue weighted by atomic mass is 32.2. The van der Waals surface area contributed by atoms with Gasteiger partial charge < -0.3 is 24.7 Å². The summed E-state index contributed by atoms with van der Waals surface area (Å²) in [6.07, 6.45) is 0. The highest BCUT2D eigenvalue weighted by Crippen LogP contribution is 2.42. The van der Waals surface area contributed by atoms with E-state index in [0.29, 0.717) is 34.1 Å². The average molecular weight is 444 g/mol.